The van der Waals surface area contributed by atoms with E-state index < -0.39 is 11.7 Å². The Bertz CT molecular complexity index is 525. The molecule has 102 valence electrons. The van der Waals surface area contributed by atoms with Gasteiger partial charge in [0.05, 0.1) is 5.02 Å². The summed E-state index contributed by atoms with van der Waals surface area (Å²) in [6, 6.07) is 4.84. The predicted molar refractivity (Wildman–Crippen MR) is 67.8 cm³/mol. The van der Waals surface area contributed by atoms with Crippen molar-refractivity contribution in [2.45, 2.75) is 12.6 Å². The molecule has 2 nitrogen and oxygen atoms in total. The maximum absolute atomic E-state index is 12.5. The van der Waals surface area contributed by atoms with E-state index in [-0.39, 0.29) is 19.5 Å². The van der Waals surface area contributed by atoms with Gasteiger partial charge in [-0.25, -0.2) is 0 Å². The average molecular weight is 290 g/mol. The van der Waals surface area contributed by atoms with Gasteiger partial charge in [0.15, 0.2) is 6.29 Å². The van der Waals surface area contributed by atoms with Crippen LogP contribution in [0.4, 0.5) is 18.9 Å². The zero-order valence-electron chi connectivity index (χ0n) is 9.88. The molecule has 0 saturated heterocycles. The summed E-state index contributed by atoms with van der Waals surface area (Å²) in [4.78, 5) is 12.4. The highest BCUT2D eigenvalue weighted by molar-refractivity contribution is 6.33. The Kier molecular flexibility index (Phi) is 3.85. The second-order valence-corrected chi connectivity index (χ2v) is 4.65. The van der Waals surface area contributed by atoms with Crippen LogP contribution in [-0.2, 0) is 0 Å². The highest BCUT2D eigenvalue weighted by Crippen LogP contribution is 2.32. The summed E-state index contributed by atoms with van der Waals surface area (Å²) in [6.45, 7) is 0.466. The van der Waals surface area contributed by atoms with Crippen LogP contribution in [0.25, 0.3) is 0 Å². The van der Waals surface area contributed by atoms with Crippen LogP contribution in [0.3, 0.4) is 0 Å². The minimum atomic E-state index is -4.24. The number of rotatable bonds is 2. The number of carbonyl (C=O) groups is 1. The summed E-state index contributed by atoms with van der Waals surface area (Å²) in [5.74, 6) is 0. The van der Waals surface area contributed by atoms with Crippen molar-refractivity contribution < 1.29 is 18.0 Å². The third-order valence-corrected chi connectivity index (χ3v) is 3.38. The number of aldehydes is 1. The lowest BCUT2D eigenvalue weighted by molar-refractivity contribution is -0.0944. The maximum atomic E-state index is 12.5. The normalized spacial score (nSPS) is 16.2. The smallest absolute Gasteiger partial charge is 0.367 e. The molecule has 1 heterocycles. The molecule has 0 atom stereocenters. The first kappa shape index (κ1) is 13.9. The Morgan fingerprint density at radius 2 is 2.05 bits per heavy atom. The molecule has 0 unspecified atom stereocenters. The zero-order valence-corrected chi connectivity index (χ0v) is 10.6. The number of halogens is 4. The molecular weight excluding hydrogens is 279 g/mol. The maximum Gasteiger partial charge on any atom is 0.412 e. The van der Waals surface area contributed by atoms with Gasteiger partial charge in [0.25, 0.3) is 0 Å². The quantitative estimate of drug-likeness (QED) is 0.609. The average Bonchev–Trinajstić information content (AvgIpc) is 2.38. The van der Waals surface area contributed by atoms with Crippen LogP contribution in [-0.4, -0.2) is 25.6 Å². The molecule has 1 aromatic rings. The monoisotopic (exact) mass is 289 g/mol. The summed E-state index contributed by atoms with van der Waals surface area (Å²) in [5.41, 5.74) is 0.599. The first-order valence-electron chi connectivity index (χ1n) is 5.67. The van der Waals surface area contributed by atoms with Gasteiger partial charge in [-0.15, -0.1) is 0 Å². The lowest BCUT2D eigenvalue weighted by Gasteiger charge is -2.29. The highest BCUT2D eigenvalue weighted by atomic mass is 35.5. The number of carbonyl (C=O) groups excluding carboxylic acids is 1. The van der Waals surface area contributed by atoms with Crippen LogP contribution in [0.5, 0.6) is 0 Å². The van der Waals surface area contributed by atoms with Gasteiger partial charge in [-0.3, -0.25) is 4.79 Å². The molecule has 0 amide bonds. The summed E-state index contributed by atoms with van der Waals surface area (Å²) in [6.07, 6.45) is -2.46. The Morgan fingerprint density at radius 1 is 1.32 bits per heavy atom. The zero-order chi connectivity index (χ0) is 14.0. The van der Waals surface area contributed by atoms with E-state index >= 15 is 0 Å². The number of anilines is 1. The van der Waals surface area contributed by atoms with E-state index in [1.54, 1.807) is 23.1 Å². The Hall–Kier alpha value is -1.49. The number of benzene rings is 1. The highest BCUT2D eigenvalue weighted by Gasteiger charge is 2.34. The van der Waals surface area contributed by atoms with E-state index in [0.717, 1.165) is 0 Å². The molecule has 6 heteroatoms. The molecule has 1 aliphatic rings. The van der Waals surface area contributed by atoms with E-state index in [9.17, 15) is 18.0 Å². The van der Waals surface area contributed by atoms with Crippen molar-refractivity contribution in [3.63, 3.8) is 0 Å². The van der Waals surface area contributed by atoms with Crippen molar-refractivity contribution in [3.05, 3.63) is 40.4 Å². The molecular formula is C13H11ClF3NO. The standard InChI is InChI=1S/C13H11ClF3NO/c14-12-7-11(2-1-9(12)8-19)18-5-3-10(4-6-18)13(15,16)17/h1-3,7-8H,4-6H2. The van der Waals surface area contributed by atoms with Gasteiger partial charge in [0.1, 0.15) is 0 Å². The topological polar surface area (TPSA) is 20.3 Å². The number of hydrogen-bond acceptors (Lipinski definition) is 2. The van der Waals surface area contributed by atoms with Crippen molar-refractivity contribution in [1.82, 2.24) is 0 Å². The lowest BCUT2D eigenvalue weighted by atomic mass is 10.1. The number of hydrogen-bond donors (Lipinski definition) is 0. The van der Waals surface area contributed by atoms with Gasteiger partial charge in [-0.1, -0.05) is 17.7 Å². The summed E-state index contributed by atoms with van der Waals surface area (Å²) >= 11 is 5.90. The van der Waals surface area contributed by atoms with Gasteiger partial charge in [-0.05, 0) is 24.6 Å². The van der Waals surface area contributed by atoms with Crippen molar-refractivity contribution in [3.8, 4) is 0 Å². The minimum absolute atomic E-state index is 0.0451. The molecule has 0 aromatic heterocycles. The Balaban J connectivity index is 2.16. The van der Waals surface area contributed by atoms with Crippen LogP contribution in [0.2, 0.25) is 5.02 Å². The molecule has 2 rings (SSSR count). The van der Waals surface area contributed by atoms with Crippen LogP contribution >= 0.6 is 11.6 Å². The van der Waals surface area contributed by atoms with Crippen molar-refractivity contribution in [2.24, 2.45) is 0 Å². The third kappa shape index (κ3) is 3.10. The molecule has 0 radical (unpaired) electrons. The van der Waals surface area contributed by atoms with Gasteiger partial charge in [0, 0.05) is 29.9 Å². The molecule has 0 spiro atoms. The van der Waals surface area contributed by atoms with Crippen LogP contribution < -0.4 is 4.90 Å². The van der Waals surface area contributed by atoms with Gasteiger partial charge in [-0.2, -0.15) is 13.2 Å². The second-order valence-electron chi connectivity index (χ2n) is 4.25. The summed E-state index contributed by atoms with van der Waals surface area (Å²) in [5, 5.41) is 0.304. The predicted octanol–water partition coefficient (Wildman–Crippen LogP) is 3.85. The van der Waals surface area contributed by atoms with Gasteiger partial charge < -0.3 is 4.90 Å². The SMILES string of the molecule is O=Cc1ccc(N2CC=C(C(F)(F)F)CC2)cc1Cl. The Morgan fingerprint density at radius 3 is 2.53 bits per heavy atom. The third-order valence-electron chi connectivity index (χ3n) is 3.05. The van der Waals surface area contributed by atoms with Crippen molar-refractivity contribution in [2.75, 3.05) is 18.0 Å². The Labute approximate surface area is 113 Å². The van der Waals surface area contributed by atoms with Crippen molar-refractivity contribution >= 4 is 23.6 Å². The first-order valence-corrected chi connectivity index (χ1v) is 6.05. The molecule has 0 aliphatic carbocycles. The molecule has 0 N–H and O–H groups in total. The van der Waals surface area contributed by atoms with Crippen LogP contribution in [0, 0.1) is 0 Å². The van der Waals surface area contributed by atoms with E-state index in [4.69, 9.17) is 11.6 Å². The molecule has 0 saturated carbocycles. The summed E-state index contributed by atoms with van der Waals surface area (Å²) < 4.78 is 37.5. The fourth-order valence-corrected chi connectivity index (χ4v) is 2.19. The van der Waals surface area contributed by atoms with Gasteiger partial charge in [0.2, 0.25) is 0 Å². The van der Waals surface area contributed by atoms with Crippen molar-refractivity contribution in [1.29, 1.82) is 0 Å². The first-order chi connectivity index (χ1) is 8.91. The molecule has 19 heavy (non-hydrogen) atoms. The molecule has 1 aliphatic heterocycles. The van der Waals surface area contributed by atoms with E-state index in [1.807, 2.05) is 0 Å². The number of alkyl halides is 3. The second kappa shape index (κ2) is 5.25. The van der Waals surface area contributed by atoms with Crippen LogP contribution in [0.15, 0.2) is 29.8 Å². The van der Waals surface area contributed by atoms with Gasteiger partial charge >= 0.3 is 6.18 Å². The molecule has 0 bridgehead atoms. The largest absolute Gasteiger partial charge is 0.412 e. The van der Waals surface area contributed by atoms with E-state index in [2.05, 4.69) is 0 Å². The number of nitrogens with zero attached hydrogens (tertiary/aromatic N) is 1. The minimum Gasteiger partial charge on any atom is -0.367 e. The summed E-state index contributed by atoms with van der Waals surface area (Å²) in [7, 11) is 0. The lowest BCUT2D eigenvalue weighted by Crippen LogP contribution is -2.31. The fourth-order valence-electron chi connectivity index (χ4n) is 1.97. The van der Waals surface area contributed by atoms with E-state index in [0.29, 0.717) is 22.6 Å². The molecule has 1 aromatic carbocycles. The fraction of sp³-hybridized carbons (Fsp3) is 0.308. The molecule has 0 fully saturated rings. The van der Waals surface area contributed by atoms with Crippen LogP contribution in [0.1, 0.15) is 16.8 Å². The van der Waals surface area contributed by atoms with E-state index in [1.165, 1.54) is 6.08 Å².